The van der Waals surface area contributed by atoms with Crippen molar-refractivity contribution in [1.82, 2.24) is 18.9 Å². The maximum atomic E-state index is 12.4. The van der Waals surface area contributed by atoms with Gasteiger partial charge < -0.3 is 9.47 Å². The number of aromatic nitrogens is 2. The van der Waals surface area contributed by atoms with E-state index in [1.807, 2.05) is 0 Å². The van der Waals surface area contributed by atoms with Gasteiger partial charge in [0.25, 0.3) is 5.91 Å². The Bertz CT molecular complexity index is 955. The molecule has 1 aliphatic rings. The zero-order valence-corrected chi connectivity index (χ0v) is 14.4. The van der Waals surface area contributed by atoms with E-state index in [9.17, 15) is 9.59 Å². The predicted octanol–water partition coefficient (Wildman–Crippen LogP) is -2.14. The van der Waals surface area contributed by atoms with E-state index in [0.717, 1.165) is 0 Å². The van der Waals surface area contributed by atoms with Gasteiger partial charge in [-0.3, -0.25) is 19.1 Å². The number of carbonyl (C=O) groups excluding carboxylic acids is 1. The Balaban J connectivity index is 2.73. The van der Waals surface area contributed by atoms with E-state index in [1.54, 1.807) is 37.7 Å². The second kappa shape index (κ2) is 5.82. The van der Waals surface area contributed by atoms with Crippen molar-refractivity contribution < 1.29 is 9.58 Å². The molecule has 1 aromatic rings. The normalized spacial score (nSPS) is 18.0. The number of amides is 1. The number of hydrogen-bond acceptors (Lipinski definition) is 4. The first kappa shape index (κ1) is 17.2. The average Bonchev–Trinajstić information content (AvgIpc) is 2.57. The first-order valence-corrected chi connectivity index (χ1v) is 7.16. The molecule has 0 aliphatic carbocycles. The third-order valence-corrected chi connectivity index (χ3v) is 4.32. The Kier molecular flexibility index (Phi) is 4.18. The van der Waals surface area contributed by atoms with E-state index in [2.05, 4.69) is 36.2 Å². The van der Waals surface area contributed by atoms with Crippen LogP contribution < -0.4 is 21.7 Å². The molecule has 0 radical (unpaired) electrons. The number of nitrogens with zero attached hydrogens (tertiary/aromatic N) is 6. The van der Waals surface area contributed by atoms with Gasteiger partial charge >= 0.3 is 10.9 Å². The average molecular weight is 329 g/mol. The Labute approximate surface area is 139 Å². The lowest BCUT2D eigenvalue weighted by Gasteiger charge is -2.36. The van der Waals surface area contributed by atoms with Crippen LogP contribution in [0.25, 0.3) is 13.2 Å². The monoisotopic (exact) mass is 329 g/mol. The van der Waals surface area contributed by atoms with Crippen LogP contribution in [0.15, 0.2) is 34.6 Å². The van der Waals surface area contributed by atoms with Crippen LogP contribution in [-0.2, 0) is 18.9 Å². The molecule has 1 aliphatic heterocycles. The Morgan fingerprint density at radius 1 is 0.958 bits per heavy atom. The Morgan fingerprint density at radius 2 is 1.54 bits per heavy atom. The minimum Gasteiger partial charge on any atom is -0.333 e. The number of rotatable bonds is 1. The Hall–Kier alpha value is -3.12. The smallest absolute Gasteiger partial charge is 0.333 e. The van der Waals surface area contributed by atoms with Crippen molar-refractivity contribution in [1.29, 1.82) is 0 Å². The summed E-state index contributed by atoms with van der Waals surface area (Å²) in [4.78, 5) is 31.8. The highest BCUT2D eigenvalue weighted by Gasteiger charge is 2.38. The molecule has 0 aromatic carbocycles. The molecule has 8 heteroatoms. The van der Waals surface area contributed by atoms with Gasteiger partial charge in [0, 0.05) is 28.2 Å². The van der Waals surface area contributed by atoms with Crippen molar-refractivity contribution in [2.24, 2.45) is 19.2 Å². The molecule has 0 saturated carbocycles. The molecule has 1 aromatic heterocycles. The summed E-state index contributed by atoms with van der Waals surface area (Å²) in [6.07, 6.45) is 0. The molecule has 1 amide bonds. The van der Waals surface area contributed by atoms with Gasteiger partial charge in [-0.15, -0.1) is 0 Å². The van der Waals surface area contributed by atoms with Gasteiger partial charge in [0.1, 0.15) is 21.8 Å². The maximum Gasteiger partial charge on any atom is 0.452 e. The van der Waals surface area contributed by atoms with Crippen LogP contribution in [0, 0.1) is 0 Å². The van der Waals surface area contributed by atoms with Crippen molar-refractivity contribution in [3.05, 3.63) is 51.2 Å². The van der Waals surface area contributed by atoms with Gasteiger partial charge in [0.05, 0.1) is 10.5 Å². The van der Waals surface area contributed by atoms with Crippen LogP contribution in [-0.4, -0.2) is 49.8 Å². The molecule has 2 rings (SSSR count). The van der Waals surface area contributed by atoms with Crippen molar-refractivity contribution >= 4 is 19.1 Å². The summed E-state index contributed by atoms with van der Waals surface area (Å²) in [6.45, 7) is 15.3. The van der Waals surface area contributed by atoms with Crippen LogP contribution in [0.4, 0.5) is 0 Å². The molecule has 126 valence electrons. The quantitative estimate of drug-likeness (QED) is 0.436. The van der Waals surface area contributed by atoms with Crippen molar-refractivity contribution in [3.8, 4) is 0 Å². The fraction of sp³-hybridized carbons (Fsp3) is 0.312. The van der Waals surface area contributed by atoms with E-state index in [-0.39, 0.29) is 16.8 Å². The summed E-state index contributed by atoms with van der Waals surface area (Å²) in [5, 5.41) is 4.47. The maximum absolute atomic E-state index is 12.4. The minimum absolute atomic E-state index is 0.0581. The van der Waals surface area contributed by atoms with Crippen molar-refractivity contribution in [2.75, 3.05) is 14.1 Å². The molecule has 2 heterocycles. The molecule has 1 unspecified atom stereocenters. The van der Waals surface area contributed by atoms with Gasteiger partial charge in [0.15, 0.2) is 0 Å². The van der Waals surface area contributed by atoms with Crippen LogP contribution in [0.3, 0.4) is 0 Å². The topological polar surface area (TPSA) is 76.9 Å². The zero-order chi connectivity index (χ0) is 18.3. The largest absolute Gasteiger partial charge is 0.452 e. The molecule has 0 spiro atoms. The third-order valence-electron chi connectivity index (χ3n) is 4.32. The van der Waals surface area contributed by atoms with Gasteiger partial charge in [-0.2, -0.15) is 0 Å². The molecule has 1 fully saturated rings. The number of hydrogen-bond donors (Lipinski definition) is 0. The van der Waals surface area contributed by atoms with Crippen LogP contribution in [0.2, 0.25) is 0 Å². The van der Waals surface area contributed by atoms with Crippen molar-refractivity contribution in [2.45, 2.75) is 6.04 Å². The summed E-state index contributed by atoms with van der Waals surface area (Å²) in [5.74, 6) is 0.186. The second-order valence-electron chi connectivity index (χ2n) is 5.62. The summed E-state index contributed by atoms with van der Waals surface area (Å²) in [5.41, 5.74) is 0.539. The first-order chi connectivity index (χ1) is 11.1. The highest BCUT2D eigenvalue weighted by molar-refractivity contribution is 5.87. The molecule has 1 saturated heterocycles. The molecule has 0 N–H and O–H groups in total. The summed E-state index contributed by atoms with van der Waals surface area (Å²) in [6, 6.07) is -0.917. The SMILES string of the molecule is C=C1C(N=[N+]=c2c(=C)n(C)c(=C)n(C)c2=O)C(=O)N(C)C(=C)N1C. The zero-order valence-electron chi connectivity index (χ0n) is 14.4. The van der Waals surface area contributed by atoms with Crippen molar-refractivity contribution in [3.63, 3.8) is 0 Å². The van der Waals surface area contributed by atoms with Gasteiger partial charge in [-0.1, -0.05) is 26.3 Å². The molecule has 1 atom stereocenters. The first-order valence-electron chi connectivity index (χ1n) is 7.16. The van der Waals surface area contributed by atoms with E-state index >= 15 is 0 Å². The van der Waals surface area contributed by atoms with E-state index in [4.69, 9.17) is 0 Å². The minimum atomic E-state index is -0.917. The fourth-order valence-corrected chi connectivity index (χ4v) is 2.30. The summed E-state index contributed by atoms with van der Waals surface area (Å²) < 4.78 is 2.98. The van der Waals surface area contributed by atoms with Crippen LogP contribution in [0.1, 0.15) is 0 Å². The summed E-state index contributed by atoms with van der Waals surface area (Å²) >= 11 is 0. The second-order valence-corrected chi connectivity index (χ2v) is 5.62. The Morgan fingerprint density at radius 3 is 2.12 bits per heavy atom. The van der Waals surface area contributed by atoms with E-state index < -0.39 is 6.04 Å². The molecule has 24 heavy (non-hydrogen) atoms. The lowest BCUT2D eigenvalue weighted by Crippen LogP contribution is -2.57. The summed E-state index contributed by atoms with van der Waals surface area (Å²) in [7, 11) is 6.64. The van der Waals surface area contributed by atoms with Gasteiger partial charge in [0.2, 0.25) is 6.04 Å². The van der Waals surface area contributed by atoms with Gasteiger partial charge in [-0.25, -0.2) is 0 Å². The number of carbonyl (C=O) groups is 1. The van der Waals surface area contributed by atoms with Crippen LogP contribution in [0.5, 0.6) is 0 Å². The standard InChI is InChI=1S/C16H21N6O2/c1-9-13(15(23)21(7)11(3)19(9)5)17-18-14-10(2)20(6)12(4)22(8)16(14)24/h13H,1-4H2,5-8H3/q+1. The molecular weight excluding hydrogens is 308 g/mol. The highest BCUT2D eigenvalue weighted by Crippen LogP contribution is 2.23. The molecule has 0 bridgehead atoms. The van der Waals surface area contributed by atoms with E-state index in [0.29, 0.717) is 22.3 Å². The highest BCUT2D eigenvalue weighted by atomic mass is 16.2. The number of likely N-dealkylation sites (N-methyl/N-ethyl adjacent to an activating group) is 2. The van der Waals surface area contributed by atoms with Crippen LogP contribution >= 0.6 is 0 Å². The lowest BCUT2D eigenvalue weighted by molar-refractivity contribution is -0.164. The lowest BCUT2D eigenvalue weighted by atomic mass is 10.1. The molecular formula is C16H21N6O2+. The predicted molar refractivity (Wildman–Crippen MR) is 89.4 cm³/mol. The molecule has 8 nitrogen and oxygen atoms in total. The van der Waals surface area contributed by atoms with Gasteiger partial charge in [-0.05, 0) is 0 Å². The van der Waals surface area contributed by atoms with E-state index in [1.165, 1.54) is 9.47 Å². The fourth-order valence-electron chi connectivity index (χ4n) is 2.30. The third kappa shape index (κ3) is 2.43.